The van der Waals surface area contributed by atoms with Crippen LogP contribution in [0.5, 0.6) is 5.75 Å². The van der Waals surface area contributed by atoms with Crippen LogP contribution in [-0.2, 0) is 9.53 Å². The van der Waals surface area contributed by atoms with Crippen molar-refractivity contribution in [3.05, 3.63) is 60.0 Å². The summed E-state index contributed by atoms with van der Waals surface area (Å²) in [5.41, 5.74) is 1.96. The first kappa shape index (κ1) is 19.9. The van der Waals surface area contributed by atoms with Gasteiger partial charge in [-0.15, -0.1) is 0 Å². The van der Waals surface area contributed by atoms with Gasteiger partial charge in [-0.25, -0.2) is 9.78 Å². The monoisotopic (exact) mass is 408 g/mol. The smallest absolute Gasteiger partial charge is 0.342 e. The number of amides is 1. The second kappa shape index (κ2) is 8.98. The van der Waals surface area contributed by atoms with E-state index < -0.39 is 5.97 Å². The summed E-state index contributed by atoms with van der Waals surface area (Å²) < 4.78 is 16.6. The van der Waals surface area contributed by atoms with Crippen LogP contribution in [0.1, 0.15) is 41.9 Å². The third kappa shape index (κ3) is 4.30. The molecule has 1 aromatic heterocycles. The first-order valence-electron chi connectivity index (χ1n) is 10.2. The number of hydrogen-bond donors (Lipinski definition) is 0. The average Bonchev–Trinajstić information content (AvgIpc) is 3.22. The van der Waals surface area contributed by atoms with Crippen molar-refractivity contribution in [1.82, 2.24) is 9.88 Å². The highest BCUT2D eigenvalue weighted by Crippen LogP contribution is 2.30. The molecule has 0 saturated carbocycles. The molecule has 0 aliphatic carbocycles. The van der Waals surface area contributed by atoms with E-state index in [0.717, 1.165) is 29.8 Å². The van der Waals surface area contributed by atoms with Crippen LogP contribution in [0.3, 0.4) is 0 Å². The van der Waals surface area contributed by atoms with Gasteiger partial charge < -0.3 is 18.8 Å². The van der Waals surface area contributed by atoms with Crippen molar-refractivity contribution in [2.75, 3.05) is 26.3 Å². The van der Waals surface area contributed by atoms with Gasteiger partial charge in [-0.3, -0.25) is 4.79 Å². The Bertz CT molecular complexity index is 1000. The van der Waals surface area contributed by atoms with Crippen LogP contribution in [0, 0.1) is 0 Å². The van der Waals surface area contributed by atoms with Gasteiger partial charge in [-0.2, -0.15) is 0 Å². The number of carbonyl (C=O) groups is 2. The van der Waals surface area contributed by atoms with Crippen molar-refractivity contribution in [2.45, 2.75) is 25.7 Å². The maximum absolute atomic E-state index is 12.5. The highest BCUT2D eigenvalue weighted by atomic mass is 16.5. The van der Waals surface area contributed by atoms with Gasteiger partial charge in [0.05, 0.1) is 6.61 Å². The minimum atomic E-state index is -0.561. The topological polar surface area (TPSA) is 81.9 Å². The summed E-state index contributed by atoms with van der Waals surface area (Å²) >= 11 is 0. The molecule has 4 rings (SSSR count). The molecule has 1 saturated heterocycles. The molecular weight excluding hydrogens is 384 g/mol. The Morgan fingerprint density at radius 3 is 2.60 bits per heavy atom. The van der Waals surface area contributed by atoms with Crippen LogP contribution >= 0.6 is 0 Å². The largest absolute Gasteiger partial charge is 0.493 e. The molecule has 2 heterocycles. The number of likely N-dealkylation sites (tertiary alicyclic amines) is 1. The Morgan fingerprint density at radius 1 is 1.10 bits per heavy atom. The lowest BCUT2D eigenvalue weighted by atomic mass is 9.97. The summed E-state index contributed by atoms with van der Waals surface area (Å²) in [6.07, 6.45) is 1.53. The maximum Gasteiger partial charge on any atom is 0.342 e. The van der Waals surface area contributed by atoms with E-state index in [-0.39, 0.29) is 18.4 Å². The van der Waals surface area contributed by atoms with Gasteiger partial charge in [-0.05, 0) is 44.0 Å². The number of rotatable bonds is 6. The first-order valence-corrected chi connectivity index (χ1v) is 10.2. The minimum absolute atomic E-state index is 0.182. The number of hydrogen-bond acceptors (Lipinski definition) is 6. The van der Waals surface area contributed by atoms with Crippen molar-refractivity contribution in [1.29, 1.82) is 0 Å². The maximum atomic E-state index is 12.5. The van der Waals surface area contributed by atoms with Crippen LogP contribution in [0.2, 0.25) is 0 Å². The van der Waals surface area contributed by atoms with Crippen molar-refractivity contribution in [3.8, 4) is 5.75 Å². The Morgan fingerprint density at radius 2 is 1.83 bits per heavy atom. The number of esters is 1. The highest BCUT2D eigenvalue weighted by molar-refractivity contribution is 5.94. The molecular formula is C23H24N2O5. The fourth-order valence-corrected chi connectivity index (χ4v) is 3.65. The number of fused-ring (bicyclic) bond motifs is 1. The lowest BCUT2D eigenvalue weighted by molar-refractivity contribution is -0.135. The molecule has 0 spiro atoms. The van der Waals surface area contributed by atoms with Gasteiger partial charge in [0.25, 0.3) is 5.91 Å². The standard InChI is InChI=1S/C23H24N2O5/c1-2-28-19-9-5-3-7-17(19)23(27)29-15-21(26)25-13-11-16(12-14-25)22-24-18-8-4-6-10-20(18)30-22/h3-10,16H,2,11-15H2,1H3. The number of carbonyl (C=O) groups excluding carboxylic acids is 2. The van der Waals surface area contributed by atoms with Crippen molar-refractivity contribution in [2.24, 2.45) is 0 Å². The fraction of sp³-hybridized carbons (Fsp3) is 0.348. The predicted octanol–water partition coefficient (Wildman–Crippen LogP) is 3.79. The lowest BCUT2D eigenvalue weighted by Crippen LogP contribution is -2.40. The number of aromatic nitrogens is 1. The van der Waals surface area contributed by atoms with E-state index in [1.165, 1.54) is 0 Å². The Labute approximate surface area is 174 Å². The molecule has 0 bridgehead atoms. The normalized spacial score (nSPS) is 14.6. The molecule has 0 atom stereocenters. The molecule has 1 aliphatic rings. The number of benzene rings is 2. The Kier molecular flexibility index (Phi) is 5.97. The highest BCUT2D eigenvalue weighted by Gasteiger charge is 2.27. The SMILES string of the molecule is CCOc1ccccc1C(=O)OCC(=O)N1CCC(c2nc3ccccc3o2)CC1. The van der Waals surface area contributed by atoms with E-state index in [2.05, 4.69) is 4.98 Å². The molecule has 156 valence electrons. The number of para-hydroxylation sites is 3. The summed E-state index contributed by atoms with van der Waals surface area (Å²) in [4.78, 5) is 31.2. The van der Waals surface area contributed by atoms with Crippen molar-refractivity contribution in [3.63, 3.8) is 0 Å². The molecule has 0 unspecified atom stereocenters. The first-order chi connectivity index (χ1) is 14.7. The molecule has 1 aliphatic heterocycles. The van der Waals surface area contributed by atoms with Crippen LogP contribution in [0.15, 0.2) is 52.9 Å². The van der Waals surface area contributed by atoms with Gasteiger partial charge in [-0.1, -0.05) is 24.3 Å². The van der Waals surface area contributed by atoms with Gasteiger partial charge in [0.2, 0.25) is 0 Å². The van der Waals surface area contributed by atoms with Gasteiger partial charge in [0.15, 0.2) is 18.1 Å². The van der Waals surface area contributed by atoms with E-state index in [9.17, 15) is 9.59 Å². The van der Waals surface area contributed by atoms with Gasteiger partial charge >= 0.3 is 5.97 Å². The minimum Gasteiger partial charge on any atom is -0.493 e. The number of oxazole rings is 1. The zero-order valence-electron chi connectivity index (χ0n) is 16.9. The van der Waals surface area contributed by atoms with E-state index >= 15 is 0 Å². The lowest BCUT2D eigenvalue weighted by Gasteiger charge is -2.30. The second-order valence-corrected chi connectivity index (χ2v) is 7.18. The van der Waals surface area contributed by atoms with E-state index in [1.807, 2.05) is 31.2 Å². The predicted molar refractivity (Wildman–Crippen MR) is 110 cm³/mol. The molecule has 0 radical (unpaired) electrons. The van der Waals surface area contributed by atoms with E-state index in [1.54, 1.807) is 29.2 Å². The molecule has 0 N–H and O–H groups in total. The van der Waals surface area contributed by atoms with Crippen LogP contribution < -0.4 is 4.74 Å². The number of ether oxygens (including phenoxy) is 2. The summed E-state index contributed by atoms with van der Waals surface area (Å²) in [5, 5.41) is 0. The second-order valence-electron chi connectivity index (χ2n) is 7.18. The van der Waals surface area contributed by atoms with Crippen LogP contribution in [0.25, 0.3) is 11.1 Å². The molecule has 30 heavy (non-hydrogen) atoms. The van der Waals surface area contributed by atoms with Crippen molar-refractivity contribution < 1.29 is 23.5 Å². The zero-order valence-corrected chi connectivity index (χ0v) is 16.9. The molecule has 2 aromatic carbocycles. The van der Waals surface area contributed by atoms with Gasteiger partial charge in [0.1, 0.15) is 16.8 Å². The zero-order chi connectivity index (χ0) is 20.9. The summed E-state index contributed by atoms with van der Waals surface area (Å²) in [6.45, 7) is 3.16. The number of piperidine rings is 1. The van der Waals surface area contributed by atoms with E-state index in [4.69, 9.17) is 13.9 Å². The summed E-state index contributed by atoms with van der Waals surface area (Å²) in [6, 6.07) is 14.5. The molecule has 3 aromatic rings. The fourth-order valence-electron chi connectivity index (χ4n) is 3.65. The van der Waals surface area contributed by atoms with Crippen LogP contribution in [-0.4, -0.2) is 48.1 Å². The molecule has 7 heteroatoms. The molecule has 7 nitrogen and oxygen atoms in total. The number of nitrogens with zero attached hydrogens (tertiary/aromatic N) is 2. The Hall–Kier alpha value is -3.35. The summed E-state index contributed by atoms with van der Waals surface area (Å²) in [5.74, 6) is 0.600. The average molecular weight is 408 g/mol. The quantitative estimate of drug-likeness (QED) is 0.577. The van der Waals surface area contributed by atoms with Gasteiger partial charge in [0, 0.05) is 19.0 Å². The van der Waals surface area contributed by atoms with Crippen molar-refractivity contribution >= 4 is 23.0 Å². The summed E-state index contributed by atoms with van der Waals surface area (Å²) in [7, 11) is 0. The molecule has 1 fully saturated rings. The Balaban J connectivity index is 1.30. The van der Waals surface area contributed by atoms with E-state index in [0.29, 0.717) is 31.0 Å². The third-order valence-corrected chi connectivity index (χ3v) is 5.24. The van der Waals surface area contributed by atoms with Crippen LogP contribution in [0.4, 0.5) is 0 Å². The molecule has 1 amide bonds. The third-order valence-electron chi connectivity index (χ3n) is 5.24.